The van der Waals surface area contributed by atoms with Crippen LogP contribution in [-0.4, -0.2) is 53.9 Å². The molecule has 0 aliphatic rings. The number of methoxy groups -OCH3 is 2. The number of nitrogens with zero attached hydrogens (tertiary/aromatic N) is 3. The van der Waals surface area contributed by atoms with Crippen LogP contribution in [0.1, 0.15) is 67.4 Å². The molecule has 1 unspecified atom stereocenters. The molecule has 0 radical (unpaired) electrons. The Morgan fingerprint density at radius 1 is 1.18 bits per heavy atom. The molecular weight excluding hydrogens is 358 g/mol. The lowest BCUT2D eigenvalue weighted by atomic mass is 10.2. The van der Waals surface area contributed by atoms with Gasteiger partial charge in [0.15, 0.2) is 0 Å². The van der Waals surface area contributed by atoms with Crippen molar-refractivity contribution >= 4 is 12.2 Å². The fourth-order valence-corrected chi connectivity index (χ4v) is 1.80. The van der Waals surface area contributed by atoms with Gasteiger partial charge in [-0.15, -0.1) is 0 Å². The largest absolute Gasteiger partial charge is 0.480 e. The summed E-state index contributed by atoms with van der Waals surface area (Å²) in [4.78, 5) is 21.8. The predicted molar refractivity (Wildman–Crippen MR) is 115 cm³/mol. The van der Waals surface area contributed by atoms with Crippen LogP contribution in [0.25, 0.3) is 6.08 Å². The number of hydrogen-bond acceptors (Lipinski definition) is 6. The van der Waals surface area contributed by atoms with Crippen molar-refractivity contribution in [2.24, 2.45) is 0 Å². The normalized spacial score (nSPS) is 11.4. The number of hydrogen-bond donors (Lipinski definition) is 0. The lowest BCUT2D eigenvalue weighted by Gasteiger charge is -2.28. The molecule has 162 valence electrons. The topological polar surface area (TPSA) is 73.8 Å². The molecule has 1 aromatic rings. The molecule has 1 rings (SSSR count). The number of aromatic nitrogens is 2. The highest BCUT2D eigenvalue weighted by Crippen LogP contribution is 2.19. The first-order chi connectivity index (χ1) is 13.2. The molecule has 1 amide bonds. The van der Waals surface area contributed by atoms with Crippen LogP contribution in [0.15, 0.2) is 12.3 Å². The summed E-state index contributed by atoms with van der Waals surface area (Å²) in [7, 11) is 4.76. The highest BCUT2D eigenvalue weighted by atomic mass is 16.6. The van der Waals surface area contributed by atoms with Crippen LogP contribution in [0, 0.1) is 0 Å². The molecule has 0 fully saturated rings. The van der Waals surface area contributed by atoms with Gasteiger partial charge in [-0.3, -0.25) is 0 Å². The first kappa shape index (κ1) is 27.9. The molecule has 0 aliphatic heterocycles. The van der Waals surface area contributed by atoms with Crippen molar-refractivity contribution in [2.75, 3.05) is 21.3 Å². The summed E-state index contributed by atoms with van der Waals surface area (Å²) in [5.41, 5.74) is 0.236. The summed E-state index contributed by atoms with van der Waals surface area (Å²) in [6, 6.07) is 0.239. The number of ether oxygens (including phenoxy) is 3. The van der Waals surface area contributed by atoms with E-state index in [1.165, 1.54) is 14.2 Å². The molecule has 0 aromatic carbocycles. The summed E-state index contributed by atoms with van der Waals surface area (Å²) in [6.07, 6.45) is 5.75. The quantitative estimate of drug-likeness (QED) is 0.656. The highest BCUT2D eigenvalue weighted by molar-refractivity contribution is 5.68. The summed E-state index contributed by atoms with van der Waals surface area (Å²) in [5, 5.41) is 0. The van der Waals surface area contributed by atoms with E-state index in [9.17, 15) is 4.79 Å². The van der Waals surface area contributed by atoms with Crippen molar-refractivity contribution in [3.8, 4) is 11.9 Å². The third kappa shape index (κ3) is 10.7. The maximum absolute atomic E-state index is 12.0. The number of carbonyl (C=O) groups is 1. The molecule has 1 aromatic heterocycles. The van der Waals surface area contributed by atoms with E-state index in [-0.39, 0.29) is 18.1 Å². The minimum atomic E-state index is -0.505. The first-order valence-electron chi connectivity index (χ1n) is 9.75. The Balaban J connectivity index is 0. The van der Waals surface area contributed by atoms with Crippen LogP contribution >= 0.6 is 0 Å². The van der Waals surface area contributed by atoms with E-state index in [0.29, 0.717) is 12.3 Å². The smallest absolute Gasteiger partial charge is 0.410 e. The molecule has 0 aliphatic carbocycles. The Hall–Kier alpha value is -2.31. The molecule has 0 N–H and O–H groups in total. The zero-order valence-corrected chi connectivity index (χ0v) is 19.5. The van der Waals surface area contributed by atoms with E-state index in [1.807, 2.05) is 67.5 Å². The maximum Gasteiger partial charge on any atom is 0.410 e. The van der Waals surface area contributed by atoms with E-state index in [2.05, 4.69) is 9.97 Å². The van der Waals surface area contributed by atoms with Gasteiger partial charge in [0, 0.05) is 19.3 Å². The zero-order valence-electron chi connectivity index (χ0n) is 19.5. The molecule has 0 saturated carbocycles. The van der Waals surface area contributed by atoms with Gasteiger partial charge in [0.05, 0.1) is 19.8 Å². The second-order valence-corrected chi connectivity index (χ2v) is 6.40. The first-order valence-corrected chi connectivity index (χ1v) is 9.75. The van der Waals surface area contributed by atoms with E-state index in [4.69, 9.17) is 14.2 Å². The van der Waals surface area contributed by atoms with Crippen LogP contribution in [0.2, 0.25) is 0 Å². The van der Waals surface area contributed by atoms with Crippen LogP contribution < -0.4 is 9.47 Å². The molecule has 0 saturated heterocycles. The van der Waals surface area contributed by atoms with E-state index in [1.54, 1.807) is 18.1 Å². The fourth-order valence-electron chi connectivity index (χ4n) is 1.80. The van der Waals surface area contributed by atoms with Gasteiger partial charge in [-0.25, -0.2) is 9.78 Å². The molecular formula is C21H39N3O4. The molecule has 7 heteroatoms. The third-order valence-electron chi connectivity index (χ3n) is 3.25. The van der Waals surface area contributed by atoms with Gasteiger partial charge in [0.1, 0.15) is 5.60 Å². The van der Waals surface area contributed by atoms with Crippen molar-refractivity contribution in [3.63, 3.8) is 0 Å². The van der Waals surface area contributed by atoms with Crippen molar-refractivity contribution in [1.29, 1.82) is 0 Å². The van der Waals surface area contributed by atoms with Crippen LogP contribution in [0.4, 0.5) is 4.79 Å². The summed E-state index contributed by atoms with van der Waals surface area (Å²) in [6.45, 7) is 15.5. The zero-order chi connectivity index (χ0) is 22.3. The lowest BCUT2D eigenvalue weighted by Crippen LogP contribution is -2.39. The Morgan fingerprint density at radius 2 is 1.75 bits per heavy atom. The number of carbonyl (C=O) groups excluding carboxylic acids is 1. The summed E-state index contributed by atoms with van der Waals surface area (Å²) >= 11 is 0. The summed E-state index contributed by atoms with van der Waals surface area (Å²) in [5.74, 6) is 0.436. The van der Waals surface area contributed by atoms with Gasteiger partial charge in [0.2, 0.25) is 5.88 Å². The second kappa shape index (κ2) is 14.7. The molecule has 1 heterocycles. The molecule has 0 spiro atoms. The SMILES string of the molecule is CC.CC.COc1ncc(/C=C/CC(C)N(C)C(=O)OC(C)(C)C)c(OC)n1. The molecule has 0 bridgehead atoms. The van der Waals surface area contributed by atoms with Gasteiger partial charge in [-0.05, 0) is 34.1 Å². The average molecular weight is 398 g/mol. The predicted octanol–water partition coefficient (Wildman–Crippen LogP) is 5.20. The highest BCUT2D eigenvalue weighted by Gasteiger charge is 2.22. The van der Waals surface area contributed by atoms with Gasteiger partial charge in [-0.2, -0.15) is 4.98 Å². The van der Waals surface area contributed by atoms with Crippen molar-refractivity contribution in [3.05, 3.63) is 17.8 Å². The molecule has 1 atom stereocenters. The number of amides is 1. The van der Waals surface area contributed by atoms with Crippen LogP contribution in [0.3, 0.4) is 0 Å². The Morgan fingerprint density at radius 3 is 2.21 bits per heavy atom. The van der Waals surface area contributed by atoms with Gasteiger partial charge in [-0.1, -0.05) is 39.8 Å². The standard InChI is InChI=1S/C17H27N3O4.2C2H6/c1-12(20(5)16(21)24-17(2,3)4)9-8-10-13-11-18-15(23-7)19-14(13)22-6;2*1-2/h8,10-12H,9H2,1-7H3;2*1-2H3/b10-8+;;. The molecule has 28 heavy (non-hydrogen) atoms. The fraction of sp³-hybridized carbons (Fsp3) is 0.667. The van der Waals surface area contributed by atoms with E-state index >= 15 is 0 Å². The molecule has 7 nitrogen and oxygen atoms in total. The monoisotopic (exact) mass is 397 g/mol. The van der Waals surface area contributed by atoms with Gasteiger partial charge in [0.25, 0.3) is 0 Å². The van der Waals surface area contributed by atoms with Crippen molar-refractivity contribution in [2.45, 2.75) is 73.5 Å². The summed E-state index contributed by atoms with van der Waals surface area (Å²) < 4.78 is 15.5. The Kier molecular flexibility index (Phi) is 14.7. The minimum absolute atomic E-state index is 0.0127. The minimum Gasteiger partial charge on any atom is -0.480 e. The van der Waals surface area contributed by atoms with Crippen LogP contribution in [-0.2, 0) is 4.74 Å². The third-order valence-corrected chi connectivity index (χ3v) is 3.25. The Bertz CT molecular complexity index is 584. The number of rotatable bonds is 6. The van der Waals surface area contributed by atoms with Crippen molar-refractivity contribution < 1.29 is 19.0 Å². The second-order valence-electron chi connectivity index (χ2n) is 6.40. The maximum atomic E-state index is 12.0. The van der Waals surface area contributed by atoms with Crippen molar-refractivity contribution in [1.82, 2.24) is 14.9 Å². The van der Waals surface area contributed by atoms with Gasteiger partial charge < -0.3 is 19.1 Å². The van der Waals surface area contributed by atoms with E-state index < -0.39 is 5.60 Å². The Labute approximate surface area is 171 Å². The van der Waals surface area contributed by atoms with E-state index in [0.717, 1.165) is 5.56 Å². The van der Waals surface area contributed by atoms with Crippen LogP contribution in [0.5, 0.6) is 11.9 Å². The lowest BCUT2D eigenvalue weighted by molar-refractivity contribution is 0.0238. The van der Waals surface area contributed by atoms with Gasteiger partial charge >= 0.3 is 12.1 Å². The average Bonchev–Trinajstić information content (AvgIpc) is 2.69.